The maximum atomic E-state index is 13.5. The number of aromatic nitrogens is 2. The lowest BCUT2D eigenvalue weighted by Gasteiger charge is -2.31. The van der Waals surface area contributed by atoms with Gasteiger partial charge in [-0.25, -0.2) is 9.40 Å². The maximum absolute atomic E-state index is 13.5. The van der Waals surface area contributed by atoms with Crippen molar-refractivity contribution in [2.24, 2.45) is 7.05 Å². The molecule has 2 aromatic carbocycles. The van der Waals surface area contributed by atoms with E-state index in [0.29, 0.717) is 13.1 Å². The van der Waals surface area contributed by atoms with Crippen LogP contribution in [-0.2, 0) is 29.7 Å². The molecule has 0 aliphatic carbocycles. The zero-order valence-electron chi connectivity index (χ0n) is 17.3. The number of carbonyl (C=O) groups excluding carboxylic acids is 2. The Morgan fingerprint density at radius 3 is 2.77 bits per heavy atom. The van der Waals surface area contributed by atoms with Crippen LogP contribution in [0.2, 0.25) is 0 Å². The van der Waals surface area contributed by atoms with Crippen molar-refractivity contribution in [3.63, 3.8) is 0 Å². The molecule has 1 aliphatic rings. The van der Waals surface area contributed by atoms with E-state index in [2.05, 4.69) is 5.10 Å². The molecule has 2 heterocycles. The van der Waals surface area contributed by atoms with Gasteiger partial charge in [0, 0.05) is 38.3 Å². The fourth-order valence-electron chi connectivity index (χ4n) is 3.96. The summed E-state index contributed by atoms with van der Waals surface area (Å²) >= 11 is 0. The van der Waals surface area contributed by atoms with Gasteiger partial charge in [0.1, 0.15) is 12.1 Å². The van der Waals surface area contributed by atoms with Crippen LogP contribution in [0.1, 0.15) is 16.7 Å². The number of aryl methyl sites for hydroxylation is 2. The Morgan fingerprint density at radius 2 is 2.00 bits per heavy atom. The van der Waals surface area contributed by atoms with Crippen molar-refractivity contribution in [2.75, 3.05) is 25.0 Å². The number of likely N-dealkylation sites (N-methyl/N-ethyl adjacent to an activating group) is 1. The van der Waals surface area contributed by atoms with Gasteiger partial charge in [0.05, 0.1) is 24.8 Å². The molecule has 3 aromatic rings. The van der Waals surface area contributed by atoms with Gasteiger partial charge in [-0.15, -0.1) is 0 Å². The molecule has 1 aromatic heterocycles. The van der Waals surface area contributed by atoms with E-state index in [1.165, 1.54) is 12.1 Å². The van der Waals surface area contributed by atoms with Crippen molar-refractivity contribution in [3.05, 3.63) is 59.0 Å². The summed E-state index contributed by atoms with van der Waals surface area (Å²) in [4.78, 5) is 26.1. The summed E-state index contributed by atoms with van der Waals surface area (Å²) in [6.45, 7) is 3.14. The molecule has 1 amide bonds. The zero-order valence-corrected chi connectivity index (χ0v) is 17.3. The van der Waals surface area contributed by atoms with E-state index in [0.717, 1.165) is 39.6 Å². The number of benzene rings is 2. The Kier molecular flexibility index (Phi) is 5.26. The summed E-state index contributed by atoms with van der Waals surface area (Å²) in [5.41, 5.74) is 4.63. The fourth-order valence-corrected chi connectivity index (χ4v) is 3.96. The number of amides is 1. The summed E-state index contributed by atoms with van der Waals surface area (Å²) in [5, 5.41) is 8.72. The highest BCUT2D eigenvalue weighted by atomic mass is 19.1. The Morgan fingerprint density at radius 1 is 1.23 bits per heavy atom. The summed E-state index contributed by atoms with van der Waals surface area (Å²) in [6.07, 6.45) is 2.59. The summed E-state index contributed by atoms with van der Waals surface area (Å²) in [5.74, 6) is -0.419. The second-order valence-electron chi connectivity index (χ2n) is 7.67. The molecule has 0 saturated carbocycles. The van der Waals surface area contributed by atoms with Crippen LogP contribution < -0.4 is 4.90 Å². The van der Waals surface area contributed by atoms with Crippen LogP contribution in [0.25, 0.3) is 10.9 Å². The van der Waals surface area contributed by atoms with Crippen molar-refractivity contribution in [1.82, 2.24) is 19.8 Å². The Hall–Kier alpha value is -3.26. The molecule has 0 radical (unpaired) electrons. The largest absolute Gasteiger partial charge is 0.355 e. The second kappa shape index (κ2) is 7.87. The highest BCUT2D eigenvalue weighted by Crippen LogP contribution is 2.27. The van der Waals surface area contributed by atoms with Crippen molar-refractivity contribution >= 4 is 28.8 Å². The molecule has 0 N–H and O–H groups in total. The Bertz CT molecular complexity index is 1130. The lowest BCUT2D eigenvalue weighted by atomic mass is 10.1. The van der Waals surface area contributed by atoms with E-state index < -0.39 is 0 Å². The van der Waals surface area contributed by atoms with Gasteiger partial charge in [-0.2, -0.15) is 5.10 Å². The van der Waals surface area contributed by atoms with E-state index in [9.17, 15) is 14.0 Å². The lowest BCUT2D eigenvalue weighted by Crippen LogP contribution is -2.46. The molecule has 8 heteroatoms. The van der Waals surface area contributed by atoms with Crippen molar-refractivity contribution in [3.8, 4) is 0 Å². The number of carbonyl (C=O) groups is 2. The molecule has 0 spiro atoms. The van der Waals surface area contributed by atoms with E-state index in [4.69, 9.17) is 0 Å². The Balaban J connectivity index is 1.53. The number of nitrogens with zero attached hydrogens (tertiary/aromatic N) is 5. The molecule has 7 nitrogen and oxygen atoms in total. The first-order valence-corrected chi connectivity index (χ1v) is 9.77. The number of halogens is 1. The zero-order chi connectivity index (χ0) is 21.4. The number of hydrogen-bond acceptors (Lipinski definition) is 5. The first-order chi connectivity index (χ1) is 14.4. The summed E-state index contributed by atoms with van der Waals surface area (Å²) in [7, 11) is 3.57. The van der Waals surface area contributed by atoms with Gasteiger partial charge in [0.15, 0.2) is 0 Å². The third-order valence-corrected chi connectivity index (χ3v) is 5.68. The number of rotatable bonds is 6. The first-order valence-electron chi connectivity index (χ1n) is 9.77. The second-order valence-corrected chi connectivity index (χ2v) is 7.67. The molecule has 30 heavy (non-hydrogen) atoms. The quantitative estimate of drug-likeness (QED) is 0.585. The highest BCUT2D eigenvalue weighted by Gasteiger charge is 2.27. The predicted octanol–water partition coefficient (Wildman–Crippen LogP) is 2.42. The third kappa shape index (κ3) is 3.66. The minimum atomic E-state index is -0.275. The number of hydrazine groups is 1. The number of hydrogen-bond donors (Lipinski definition) is 0. The topological polar surface area (TPSA) is 61.7 Å². The lowest BCUT2D eigenvalue weighted by molar-refractivity contribution is -0.145. The molecule has 156 valence electrons. The van der Waals surface area contributed by atoms with Crippen LogP contribution in [0.4, 0.5) is 10.1 Å². The first kappa shape index (κ1) is 20.0. The van der Waals surface area contributed by atoms with Crippen LogP contribution in [0.5, 0.6) is 0 Å². The molecule has 1 aliphatic heterocycles. The van der Waals surface area contributed by atoms with Crippen LogP contribution in [0.15, 0.2) is 36.5 Å². The van der Waals surface area contributed by atoms with Gasteiger partial charge >= 0.3 is 0 Å². The number of anilines is 1. The normalized spacial score (nSPS) is 13.5. The Labute approximate surface area is 174 Å². The van der Waals surface area contributed by atoms with Crippen molar-refractivity contribution < 1.29 is 14.0 Å². The van der Waals surface area contributed by atoms with Gasteiger partial charge in [-0.05, 0) is 47.9 Å². The van der Waals surface area contributed by atoms with Gasteiger partial charge in [-0.3, -0.25) is 14.5 Å². The van der Waals surface area contributed by atoms with E-state index in [-0.39, 0.29) is 24.8 Å². The molecular formula is C22H24FN5O2. The van der Waals surface area contributed by atoms with Crippen LogP contribution >= 0.6 is 0 Å². The summed E-state index contributed by atoms with van der Waals surface area (Å²) in [6, 6.07) is 8.68. The average molecular weight is 409 g/mol. The van der Waals surface area contributed by atoms with E-state index >= 15 is 0 Å². The van der Waals surface area contributed by atoms with Crippen LogP contribution in [0, 0.1) is 12.7 Å². The monoisotopic (exact) mass is 409 g/mol. The van der Waals surface area contributed by atoms with Crippen molar-refractivity contribution in [1.29, 1.82) is 0 Å². The molecule has 0 fully saturated rings. The van der Waals surface area contributed by atoms with Gasteiger partial charge in [0.2, 0.25) is 0 Å². The SMILES string of the molecule is Cc1cc2cnn(C)c2cc1N(CC=O)CC(=O)N(C)N1Cc2ccc(F)cc2C1. The fraction of sp³-hybridized carbons (Fsp3) is 0.318. The van der Waals surface area contributed by atoms with E-state index in [1.807, 2.05) is 31.1 Å². The predicted molar refractivity (Wildman–Crippen MR) is 112 cm³/mol. The molecular weight excluding hydrogens is 385 g/mol. The molecule has 0 unspecified atom stereocenters. The summed E-state index contributed by atoms with van der Waals surface area (Å²) < 4.78 is 15.3. The highest BCUT2D eigenvalue weighted by molar-refractivity contribution is 5.87. The van der Waals surface area contributed by atoms with Crippen molar-refractivity contribution in [2.45, 2.75) is 20.0 Å². The van der Waals surface area contributed by atoms with Crippen LogP contribution in [0.3, 0.4) is 0 Å². The molecule has 0 bridgehead atoms. The number of aldehydes is 1. The van der Waals surface area contributed by atoms with Gasteiger partial charge in [0.25, 0.3) is 5.91 Å². The minimum absolute atomic E-state index is 0.0562. The minimum Gasteiger partial charge on any atom is -0.355 e. The third-order valence-electron chi connectivity index (χ3n) is 5.68. The van der Waals surface area contributed by atoms with Gasteiger partial charge < -0.3 is 9.69 Å². The molecule has 0 atom stereocenters. The smallest absolute Gasteiger partial charge is 0.256 e. The molecule has 0 saturated heterocycles. The van der Waals surface area contributed by atoms with Gasteiger partial charge in [-0.1, -0.05) is 6.07 Å². The average Bonchev–Trinajstić information content (AvgIpc) is 3.29. The number of fused-ring (bicyclic) bond motifs is 2. The van der Waals surface area contributed by atoms with Crippen LogP contribution in [-0.4, -0.2) is 52.1 Å². The standard InChI is InChI=1S/C22H24FN5O2/c1-15-8-17-11-24-25(2)21(17)10-20(15)27(6-7-29)14-22(30)26(3)28-12-16-4-5-19(23)9-18(16)13-28/h4-5,7-11H,6,12-14H2,1-3H3. The van der Waals surface area contributed by atoms with E-state index in [1.54, 1.807) is 33.9 Å². The maximum Gasteiger partial charge on any atom is 0.256 e. The molecule has 4 rings (SSSR count).